The van der Waals surface area contributed by atoms with Crippen LogP contribution in [0.2, 0.25) is 0 Å². The molecule has 13 heteroatoms. The molecule has 5 atom stereocenters. The van der Waals surface area contributed by atoms with Gasteiger partial charge in [-0.1, -0.05) is 0 Å². The first-order valence-electron chi connectivity index (χ1n) is 10.3. The van der Waals surface area contributed by atoms with Gasteiger partial charge in [-0.3, -0.25) is 19.2 Å². The lowest BCUT2D eigenvalue weighted by molar-refractivity contribution is -0.144. The summed E-state index contributed by atoms with van der Waals surface area (Å²) < 4.78 is 0. The van der Waals surface area contributed by atoms with Crippen LogP contribution in [0.25, 0.3) is 0 Å². The number of carboxylic acids is 2. The van der Waals surface area contributed by atoms with Crippen LogP contribution >= 0.6 is 11.8 Å². The van der Waals surface area contributed by atoms with Gasteiger partial charge in [-0.15, -0.1) is 0 Å². The predicted molar refractivity (Wildman–Crippen MR) is 116 cm³/mol. The van der Waals surface area contributed by atoms with Crippen molar-refractivity contribution >= 4 is 41.4 Å². The molecule has 182 valence electrons. The van der Waals surface area contributed by atoms with Crippen LogP contribution in [0.3, 0.4) is 0 Å². The van der Waals surface area contributed by atoms with Crippen LogP contribution in [0.15, 0.2) is 0 Å². The number of carbonyl (C=O) groups excluding carboxylic acids is 3. The van der Waals surface area contributed by atoms with Crippen LogP contribution in [-0.2, 0) is 24.0 Å². The molecule has 1 heterocycles. The number of aliphatic carboxylic acids is 2. The number of nitrogens with one attached hydrogen (secondary N) is 2. The Morgan fingerprint density at radius 1 is 1.12 bits per heavy atom. The maximum absolute atomic E-state index is 12.9. The Morgan fingerprint density at radius 3 is 2.31 bits per heavy atom. The second-order valence-corrected chi connectivity index (χ2v) is 8.62. The van der Waals surface area contributed by atoms with Gasteiger partial charge in [0.2, 0.25) is 17.7 Å². The molecule has 1 aliphatic rings. The smallest absolute Gasteiger partial charge is 0.326 e. The van der Waals surface area contributed by atoms with Crippen LogP contribution in [0, 0.1) is 0 Å². The molecule has 0 saturated carbocycles. The van der Waals surface area contributed by atoms with Crippen molar-refractivity contribution in [3.63, 3.8) is 0 Å². The van der Waals surface area contributed by atoms with Gasteiger partial charge < -0.3 is 36.6 Å². The molecule has 7 N–H and O–H groups in total. The summed E-state index contributed by atoms with van der Waals surface area (Å²) in [5.41, 5.74) is 5.71. The number of hydrogen-bond donors (Lipinski definition) is 6. The monoisotopic (exact) mass is 476 g/mol. The zero-order valence-corrected chi connectivity index (χ0v) is 19.0. The van der Waals surface area contributed by atoms with Crippen molar-refractivity contribution in [2.75, 3.05) is 18.6 Å². The van der Waals surface area contributed by atoms with Gasteiger partial charge in [0.15, 0.2) is 0 Å². The van der Waals surface area contributed by atoms with Crippen molar-refractivity contribution in [3.8, 4) is 0 Å². The topological polar surface area (TPSA) is 199 Å². The van der Waals surface area contributed by atoms with Gasteiger partial charge in [-0.25, -0.2) is 4.79 Å². The summed E-state index contributed by atoms with van der Waals surface area (Å²) in [4.78, 5) is 61.5. The summed E-state index contributed by atoms with van der Waals surface area (Å²) in [6.45, 7) is 1.66. The number of thioether (sulfide) groups is 1. The average molecular weight is 477 g/mol. The molecule has 5 unspecified atom stereocenters. The van der Waals surface area contributed by atoms with Gasteiger partial charge in [-0.2, -0.15) is 11.8 Å². The molecule has 32 heavy (non-hydrogen) atoms. The lowest BCUT2D eigenvalue weighted by Crippen LogP contribution is -2.57. The first-order valence-corrected chi connectivity index (χ1v) is 11.7. The van der Waals surface area contributed by atoms with E-state index in [0.717, 1.165) is 0 Å². The molecule has 1 rings (SSSR count). The van der Waals surface area contributed by atoms with Crippen LogP contribution < -0.4 is 16.4 Å². The van der Waals surface area contributed by atoms with Gasteiger partial charge in [0.25, 0.3) is 0 Å². The van der Waals surface area contributed by atoms with E-state index in [1.165, 1.54) is 23.6 Å². The number of nitrogens with zero attached hydrogens (tertiary/aromatic N) is 1. The highest BCUT2D eigenvalue weighted by Gasteiger charge is 2.38. The first-order chi connectivity index (χ1) is 15.0. The number of rotatable bonds is 13. The van der Waals surface area contributed by atoms with E-state index in [-0.39, 0.29) is 19.4 Å². The molecule has 0 bridgehead atoms. The van der Waals surface area contributed by atoms with Gasteiger partial charge in [0.05, 0.1) is 6.10 Å². The summed E-state index contributed by atoms with van der Waals surface area (Å²) >= 11 is 1.42. The third kappa shape index (κ3) is 8.28. The zero-order chi connectivity index (χ0) is 24.4. The third-order valence-electron chi connectivity index (χ3n) is 5.15. The van der Waals surface area contributed by atoms with Gasteiger partial charge in [0.1, 0.15) is 24.2 Å². The van der Waals surface area contributed by atoms with Crippen molar-refractivity contribution in [2.24, 2.45) is 5.73 Å². The molecule has 0 spiro atoms. The second kappa shape index (κ2) is 13.2. The molecule has 12 nitrogen and oxygen atoms in total. The van der Waals surface area contributed by atoms with Crippen molar-refractivity contribution in [1.29, 1.82) is 0 Å². The quantitative estimate of drug-likeness (QED) is 0.179. The van der Waals surface area contributed by atoms with Gasteiger partial charge >= 0.3 is 11.9 Å². The summed E-state index contributed by atoms with van der Waals surface area (Å²) in [6, 6.07) is -4.52. The summed E-state index contributed by atoms with van der Waals surface area (Å²) in [6.07, 6.45) is 1.08. The molecule has 0 radical (unpaired) electrons. The number of likely N-dealkylation sites (tertiary alicyclic amines) is 1. The van der Waals surface area contributed by atoms with Crippen LogP contribution in [0.5, 0.6) is 0 Å². The van der Waals surface area contributed by atoms with E-state index in [0.29, 0.717) is 18.6 Å². The molecular formula is C19H32N4O8S. The molecule has 1 fully saturated rings. The summed E-state index contributed by atoms with van der Waals surface area (Å²) in [7, 11) is 0. The van der Waals surface area contributed by atoms with Gasteiger partial charge in [0, 0.05) is 13.0 Å². The Bertz CT molecular complexity index is 705. The van der Waals surface area contributed by atoms with Crippen molar-refractivity contribution in [3.05, 3.63) is 0 Å². The fourth-order valence-electron chi connectivity index (χ4n) is 3.27. The third-order valence-corrected chi connectivity index (χ3v) is 5.79. The molecule has 0 aromatic heterocycles. The Hall–Kier alpha value is -2.38. The molecule has 1 aliphatic heterocycles. The van der Waals surface area contributed by atoms with Gasteiger partial charge in [-0.05, 0) is 44.6 Å². The molecular weight excluding hydrogens is 444 g/mol. The van der Waals surface area contributed by atoms with Crippen LogP contribution in [-0.4, -0.2) is 98.7 Å². The van der Waals surface area contributed by atoms with E-state index in [1.54, 1.807) is 6.26 Å². The highest BCUT2D eigenvalue weighted by Crippen LogP contribution is 2.19. The summed E-state index contributed by atoms with van der Waals surface area (Å²) in [5, 5.41) is 32.5. The lowest BCUT2D eigenvalue weighted by Gasteiger charge is -2.29. The minimum atomic E-state index is -1.42. The number of nitrogens with two attached hydrogens (primary N) is 1. The largest absolute Gasteiger partial charge is 0.481 e. The highest BCUT2D eigenvalue weighted by atomic mass is 32.2. The Morgan fingerprint density at radius 2 is 1.78 bits per heavy atom. The Balaban J connectivity index is 2.89. The number of hydrogen-bond acceptors (Lipinski definition) is 8. The van der Waals surface area contributed by atoms with E-state index in [2.05, 4.69) is 10.6 Å². The van der Waals surface area contributed by atoms with E-state index in [1.807, 2.05) is 0 Å². The Labute approximate surface area is 190 Å². The normalized spacial score (nSPS) is 19.5. The lowest BCUT2D eigenvalue weighted by atomic mass is 10.1. The number of carboxylic acid groups (broad SMARTS) is 2. The number of amides is 3. The fourth-order valence-corrected chi connectivity index (χ4v) is 3.74. The number of aliphatic hydroxyl groups is 1. The number of carbonyl (C=O) groups is 5. The van der Waals surface area contributed by atoms with Crippen molar-refractivity contribution in [1.82, 2.24) is 15.5 Å². The Kier molecular flexibility index (Phi) is 11.4. The number of aliphatic hydroxyl groups excluding tert-OH is 1. The van der Waals surface area contributed by atoms with E-state index in [4.69, 9.17) is 10.8 Å². The van der Waals surface area contributed by atoms with Crippen LogP contribution in [0.1, 0.15) is 39.0 Å². The van der Waals surface area contributed by atoms with E-state index in [9.17, 15) is 34.2 Å². The molecule has 0 aromatic rings. The molecule has 0 aliphatic carbocycles. The van der Waals surface area contributed by atoms with E-state index >= 15 is 0 Å². The van der Waals surface area contributed by atoms with Crippen LogP contribution in [0.4, 0.5) is 0 Å². The average Bonchev–Trinajstić information content (AvgIpc) is 3.22. The molecule has 3 amide bonds. The van der Waals surface area contributed by atoms with Crippen molar-refractivity contribution in [2.45, 2.75) is 69.3 Å². The zero-order valence-electron chi connectivity index (χ0n) is 18.2. The minimum Gasteiger partial charge on any atom is -0.481 e. The van der Waals surface area contributed by atoms with Crippen molar-refractivity contribution < 1.29 is 39.3 Å². The predicted octanol–water partition coefficient (Wildman–Crippen LogP) is -1.64. The minimum absolute atomic E-state index is 0.206. The SMILES string of the molecule is CSCCC(NC(=O)C1CCCN1C(=O)C(N)C(C)O)C(=O)NC(CCC(=O)O)C(=O)O. The molecule has 0 aromatic carbocycles. The summed E-state index contributed by atoms with van der Waals surface area (Å²) in [5.74, 6) is -3.98. The highest BCUT2D eigenvalue weighted by molar-refractivity contribution is 7.98. The molecule has 1 saturated heterocycles. The standard InChI is InChI=1S/C19H32N4O8S/c1-10(24)15(20)18(29)23-8-3-4-13(23)17(28)21-11(7-9-32-2)16(27)22-12(19(30)31)5-6-14(25)26/h10-13,15,24H,3-9,20H2,1-2H3,(H,21,28)(H,22,27)(H,25,26)(H,30,31). The maximum Gasteiger partial charge on any atom is 0.326 e. The van der Waals surface area contributed by atoms with E-state index < -0.39 is 66.4 Å². The first kappa shape index (κ1) is 27.7. The maximum atomic E-state index is 12.9. The second-order valence-electron chi connectivity index (χ2n) is 7.63. The fraction of sp³-hybridized carbons (Fsp3) is 0.737.